The second-order valence-corrected chi connectivity index (χ2v) is 12.0. The molecule has 37 heavy (non-hydrogen) atoms. The molecule has 2 aliphatic rings. The Morgan fingerprint density at radius 3 is 2.46 bits per heavy atom. The lowest BCUT2D eigenvalue weighted by molar-refractivity contribution is -0.140. The number of hydrogen-bond donors (Lipinski definition) is 0. The number of amides is 1. The van der Waals surface area contributed by atoms with Crippen molar-refractivity contribution in [3.8, 4) is 11.5 Å². The predicted molar refractivity (Wildman–Crippen MR) is 136 cm³/mol. The van der Waals surface area contributed by atoms with Gasteiger partial charge in [-0.15, -0.1) is 0 Å². The third kappa shape index (κ3) is 5.13. The maximum atomic E-state index is 13.1. The lowest BCUT2D eigenvalue weighted by Crippen LogP contribution is -2.37. The summed E-state index contributed by atoms with van der Waals surface area (Å²) in [5.41, 5.74) is 1.01. The van der Waals surface area contributed by atoms with Gasteiger partial charge in [0.15, 0.2) is 16.3 Å². The van der Waals surface area contributed by atoms with Gasteiger partial charge >= 0.3 is 5.97 Å². The number of piperidine rings is 1. The normalized spacial score (nSPS) is 16.9. The van der Waals surface area contributed by atoms with E-state index in [1.165, 1.54) is 47.0 Å². The molecule has 12 heteroatoms. The number of nitrogens with zero attached hydrogens (tertiary/aromatic N) is 3. The minimum atomic E-state index is -3.61. The van der Waals surface area contributed by atoms with Crippen molar-refractivity contribution in [2.75, 3.05) is 27.0 Å². The molecule has 1 aromatic heterocycles. The zero-order chi connectivity index (χ0) is 26.2. The van der Waals surface area contributed by atoms with Crippen LogP contribution in [0.4, 0.5) is 0 Å². The van der Waals surface area contributed by atoms with Crippen molar-refractivity contribution in [1.29, 1.82) is 0 Å². The molecule has 1 saturated heterocycles. The van der Waals surface area contributed by atoms with E-state index < -0.39 is 15.9 Å². The monoisotopic (exact) mass is 545 g/mol. The van der Waals surface area contributed by atoms with E-state index in [4.69, 9.17) is 14.2 Å². The quantitative estimate of drug-likeness (QED) is 0.437. The van der Waals surface area contributed by atoms with Crippen LogP contribution in [0.3, 0.4) is 0 Å². The fourth-order valence-electron chi connectivity index (χ4n) is 4.36. The van der Waals surface area contributed by atoms with Crippen LogP contribution in [-0.4, -0.2) is 56.2 Å². The van der Waals surface area contributed by atoms with E-state index >= 15 is 0 Å². The van der Waals surface area contributed by atoms with Crippen molar-refractivity contribution in [2.24, 2.45) is 10.9 Å². The number of methoxy groups -OCH3 is 1. The molecule has 196 valence electrons. The smallest absolute Gasteiger partial charge is 0.307 e. The molecule has 1 amide bonds. The Morgan fingerprint density at radius 1 is 1.11 bits per heavy atom. The third-order valence-electron chi connectivity index (χ3n) is 6.62. The van der Waals surface area contributed by atoms with Crippen LogP contribution in [0, 0.1) is 5.92 Å². The van der Waals surface area contributed by atoms with Crippen molar-refractivity contribution >= 4 is 43.5 Å². The van der Waals surface area contributed by atoms with Gasteiger partial charge in [-0.1, -0.05) is 18.3 Å². The number of thiazole rings is 1. The molecular weight excluding hydrogens is 518 g/mol. The molecular formula is C25H27N3O7S2. The highest BCUT2D eigenvalue weighted by Gasteiger charge is 2.28. The first-order valence-corrected chi connectivity index (χ1v) is 14.2. The van der Waals surface area contributed by atoms with E-state index in [-0.39, 0.29) is 36.2 Å². The number of ether oxygens (including phenoxy) is 3. The molecule has 0 radical (unpaired) electrons. The van der Waals surface area contributed by atoms with Crippen molar-refractivity contribution in [3.63, 3.8) is 0 Å². The van der Waals surface area contributed by atoms with Crippen molar-refractivity contribution in [3.05, 3.63) is 46.8 Å². The topological polar surface area (TPSA) is 117 Å². The van der Waals surface area contributed by atoms with Gasteiger partial charge in [0.1, 0.15) is 0 Å². The lowest BCUT2D eigenvalue weighted by atomic mass is 10.0. The van der Waals surface area contributed by atoms with E-state index in [0.29, 0.717) is 35.3 Å². The second kappa shape index (κ2) is 10.3. The first kappa shape index (κ1) is 25.4. The van der Waals surface area contributed by atoms with Crippen LogP contribution >= 0.6 is 11.3 Å². The number of hydrogen-bond acceptors (Lipinski definition) is 8. The van der Waals surface area contributed by atoms with E-state index in [0.717, 1.165) is 23.1 Å². The zero-order valence-corrected chi connectivity index (χ0v) is 22.1. The van der Waals surface area contributed by atoms with Crippen LogP contribution in [-0.2, 0) is 26.1 Å². The van der Waals surface area contributed by atoms with Crippen LogP contribution in [0.1, 0.15) is 36.5 Å². The largest absolute Gasteiger partial charge is 0.469 e. The third-order valence-corrected chi connectivity index (χ3v) is 9.58. The van der Waals surface area contributed by atoms with Crippen LogP contribution in [0.5, 0.6) is 11.5 Å². The molecule has 5 rings (SSSR count). The highest BCUT2D eigenvalue weighted by Crippen LogP contribution is 2.37. The molecule has 0 aliphatic carbocycles. The number of aryl methyl sites for hydroxylation is 1. The number of carbonyl (C=O) groups is 2. The van der Waals surface area contributed by atoms with Gasteiger partial charge in [0.05, 0.1) is 28.6 Å². The molecule has 0 spiro atoms. The van der Waals surface area contributed by atoms with Gasteiger partial charge in [-0.05, 0) is 43.0 Å². The fourth-order valence-corrected chi connectivity index (χ4v) is 6.90. The summed E-state index contributed by atoms with van der Waals surface area (Å²) in [5, 5.41) is 0. The van der Waals surface area contributed by atoms with Gasteiger partial charge in [0.25, 0.3) is 5.91 Å². The molecule has 3 heterocycles. The summed E-state index contributed by atoms with van der Waals surface area (Å²) in [6.07, 6.45) is 1.77. The van der Waals surface area contributed by atoms with Gasteiger partial charge in [-0.3, -0.25) is 9.59 Å². The Kier molecular flexibility index (Phi) is 7.06. The number of sulfonamides is 1. The molecule has 1 fully saturated rings. The maximum Gasteiger partial charge on any atom is 0.307 e. The highest BCUT2D eigenvalue weighted by atomic mass is 32.2. The summed E-state index contributed by atoms with van der Waals surface area (Å²) in [6, 6.07) is 9.48. The van der Waals surface area contributed by atoms with Gasteiger partial charge in [0.2, 0.25) is 16.8 Å². The Hall–Kier alpha value is -3.22. The van der Waals surface area contributed by atoms with Crippen molar-refractivity contribution in [2.45, 2.75) is 37.6 Å². The van der Waals surface area contributed by atoms with Gasteiger partial charge < -0.3 is 18.8 Å². The fraction of sp³-hybridized carbons (Fsp3) is 0.400. The lowest BCUT2D eigenvalue weighted by Gasteiger charge is -2.29. The molecule has 10 nitrogen and oxygen atoms in total. The van der Waals surface area contributed by atoms with E-state index in [2.05, 4.69) is 11.9 Å². The Bertz CT molecular complexity index is 1520. The van der Waals surface area contributed by atoms with Crippen molar-refractivity contribution < 1.29 is 32.2 Å². The number of aromatic nitrogens is 1. The molecule has 0 bridgehead atoms. The second-order valence-electron chi connectivity index (χ2n) is 9.06. The number of esters is 1. The number of rotatable bonds is 6. The Labute approximate surface area is 218 Å². The summed E-state index contributed by atoms with van der Waals surface area (Å²) >= 11 is 1.28. The summed E-state index contributed by atoms with van der Waals surface area (Å²) in [7, 11) is -2.29. The standard InChI is InChI=1S/C25H27N3O7S2/c1-16-7-10-27(11-8-16)37(31,32)18-5-3-17(4-6-18)24(30)26-25-28(12-9-23(29)33-2)19-13-20-21(35-15-34-20)14-22(19)36-25/h3-6,13-14,16H,7-12,15H2,1-2H3. The van der Waals surface area contributed by atoms with Crippen LogP contribution in [0.2, 0.25) is 0 Å². The van der Waals surface area contributed by atoms with E-state index in [1.54, 1.807) is 10.6 Å². The number of fused-ring (bicyclic) bond motifs is 2. The molecule has 2 aromatic carbocycles. The summed E-state index contributed by atoms with van der Waals surface area (Å²) in [6.45, 7) is 3.50. The number of benzene rings is 2. The minimum Gasteiger partial charge on any atom is -0.469 e. The first-order valence-electron chi connectivity index (χ1n) is 12.0. The minimum absolute atomic E-state index is 0.0972. The molecule has 2 aliphatic heterocycles. The first-order chi connectivity index (χ1) is 17.8. The average molecular weight is 546 g/mol. The highest BCUT2D eigenvalue weighted by molar-refractivity contribution is 7.89. The molecule has 0 atom stereocenters. The van der Waals surface area contributed by atoms with Gasteiger partial charge in [-0.25, -0.2) is 8.42 Å². The maximum absolute atomic E-state index is 13.1. The zero-order valence-electron chi connectivity index (χ0n) is 20.5. The van der Waals surface area contributed by atoms with Gasteiger partial charge in [-0.2, -0.15) is 9.30 Å². The van der Waals surface area contributed by atoms with Crippen LogP contribution in [0.25, 0.3) is 10.2 Å². The average Bonchev–Trinajstić information content (AvgIpc) is 3.49. The summed E-state index contributed by atoms with van der Waals surface area (Å²) in [4.78, 5) is 29.7. The molecule has 0 N–H and O–H groups in total. The summed E-state index contributed by atoms with van der Waals surface area (Å²) in [5.74, 6) is 0.791. The number of carbonyl (C=O) groups excluding carboxylic acids is 2. The molecule has 0 saturated carbocycles. The van der Waals surface area contributed by atoms with Crippen LogP contribution < -0.4 is 14.3 Å². The molecule has 3 aromatic rings. The summed E-state index contributed by atoms with van der Waals surface area (Å²) < 4.78 is 45.8. The van der Waals surface area contributed by atoms with Crippen LogP contribution in [0.15, 0.2) is 46.3 Å². The van der Waals surface area contributed by atoms with Crippen molar-refractivity contribution in [1.82, 2.24) is 8.87 Å². The predicted octanol–water partition coefficient (Wildman–Crippen LogP) is 3.16. The van der Waals surface area contributed by atoms with Gasteiger partial charge in [0, 0.05) is 37.3 Å². The Balaban J connectivity index is 1.45. The Morgan fingerprint density at radius 2 is 1.78 bits per heavy atom. The van der Waals surface area contributed by atoms with E-state index in [9.17, 15) is 18.0 Å². The SMILES string of the molecule is COC(=O)CCn1c(=NC(=O)c2ccc(S(=O)(=O)N3CCC(C)CC3)cc2)sc2cc3c(cc21)OCO3. The molecule has 0 unspecified atom stereocenters. The van der Waals surface area contributed by atoms with E-state index in [1.807, 2.05) is 6.07 Å².